The number of fused-ring (bicyclic) bond motifs is 1. The molecule has 1 fully saturated rings. The lowest BCUT2D eigenvalue weighted by Crippen LogP contribution is -2.32. The van der Waals surface area contributed by atoms with Gasteiger partial charge in [-0.3, -0.25) is 9.59 Å². The van der Waals surface area contributed by atoms with Crippen molar-refractivity contribution in [2.45, 2.75) is 32.2 Å². The standard InChI is InChI=1S/C11H13N5O2/c1-6-13-15(5-10(12)17)11(18)9-4-8(7-2-3-7)14-16(6)9/h4,7H,2-3,5H2,1H3,(H2,12,17). The first kappa shape index (κ1) is 10.9. The number of amides is 1. The Morgan fingerprint density at radius 1 is 1.50 bits per heavy atom. The Hall–Kier alpha value is -2.18. The molecule has 94 valence electrons. The number of hydrogen-bond donors (Lipinski definition) is 1. The van der Waals surface area contributed by atoms with Crippen molar-refractivity contribution in [1.82, 2.24) is 19.4 Å². The van der Waals surface area contributed by atoms with E-state index in [9.17, 15) is 9.59 Å². The van der Waals surface area contributed by atoms with Crippen molar-refractivity contribution >= 4 is 11.4 Å². The highest BCUT2D eigenvalue weighted by molar-refractivity contribution is 5.73. The maximum Gasteiger partial charge on any atom is 0.293 e. The summed E-state index contributed by atoms with van der Waals surface area (Å²) in [7, 11) is 0. The molecule has 2 aromatic heterocycles. The van der Waals surface area contributed by atoms with E-state index in [1.54, 1.807) is 13.0 Å². The molecule has 0 atom stereocenters. The van der Waals surface area contributed by atoms with Gasteiger partial charge in [0, 0.05) is 5.92 Å². The molecule has 3 rings (SSSR count). The van der Waals surface area contributed by atoms with Gasteiger partial charge in [0.1, 0.15) is 17.9 Å². The molecule has 7 heteroatoms. The molecule has 0 bridgehead atoms. The van der Waals surface area contributed by atoms with E-state index in [0.29, 0.717) is 17.3 Å². The second-order valence-corrected chi connectivity index (χ2v) is 4.62. The maximum absolute atomic E-state index is 12.1. The highest BCUT2D eigenvalue weighted by Gasteiger charge is 2.27. The summed E-state index contributed by atoms with van der Waals surface area (Å²) < 4.78 is 2.62. The molecule has 0 aliphatic heterocycles. The summed E-state index contributed by atoms with van der Waals surface area (Å²) in [5, 5.41) is 8.42. The number of hydrogen-bond acceptors (Lipinski definition) is 4. The van der Waals surface area contributed by atoms with Crippen LogP contribution in [0.25, 0.3) is 5.52 Å². The lowest BCUT2D eigenvalue weighted by atomic mass is 10.3. The molecule has 1 aliphatic rings. The summed E-state index contributed by atoms with van der Waals surface area (Å²) in [4.78, 5) is 23.0. The van der Waals surface area contributed by atoms with Gasteiger partial charge in [-0.05, 0) is 25.8 Å². The normalized spacial score (nSPS) is 15.2. The van der Waals surface area contributed by atoms with Gasteiger partial charge in [-0.1, -0.05) is 0 Å². The van der Waals surface area contributed by atoms with Crippen LogP contribution in [0.4, 0.5) is 0 Å². The van der Waals surface area contributed by atoms with E-state index in [4.69, 9.17) is 5.73 Å². The molecule has 1 aliphatic carbocycles. The number of aryl methyl sites for hydroxylation is 1. The first-order valence-corrected chi connectivity index (χ1v) is 5.82. The molecule has 0 spiro atoms. The molecule has 2 N–H and O–H groups in total. The van der Waals surface area contributed by atoms with E-state index in [2.05, 4.69) is 10.2 Å². The van der Waals surface area contributed by atoms with Gasteiger partial charge in [0.15, 0.2) is 0 Å². The average molecular weight is 247 g/mol. The van der Waals surface area contributed by atoms with Gasteiger partial charge in [-0.25, -0.2) is 9.20 Å². The van der Waals surface area contributed by atoms with Crippen LogP contribution in [-0.2, 0) is 11.3 Å². The molecule has 18 heavy (non-hydrogen) atoms. The van der Waals surface area contributed by atoms with E-state index in [-0.39, 0.29) is 12.1 Å². The number of nitrogens with zero attached hydrogens (tertiary/aromatic N) is 4. The predicted octanol–water partition coefficient (Wildman–Crippen LogP) is -0.438. The van der Waals surface area contributed by atoms with E-state index in [0.717, 1.165) is 23.2 Å². The van der Waals surface area contributed by atoms with Gasteiger partial charge in [0.25, 0.3) is 5.56 Å². The minimum Gasteiger partial charge on any atom is -0.368 e. The van der Waals surface area contributed by atoms with E-state index in [1.165, 1.54) is 4.52 Å². The number of carbonyl (C=O) groups is 1. The van der Waals surface area contributed by atoms with Crippen molar-refractivity contribution in [2.24, 2.45) is 5.73 Å². The maximum atomic E-state index is 12.1. The molecule has 0 aromatic carbocycles. The molecule has 0 saturated heterocycles. The second kappa shape index (κ2) is 3.66. The fourth-order valence-corrected chi connectivity index (χ4v) is 2.03. The predicted molar refractivity (Wildman–Crippen MR) is 63.2 cm³/mol. The van der Waals surface area contributed by atoms with Gasteiger partial charge < -0.3 is 5.73 Å². The van der Waals surface area contributed by atoms with Gasteiger partial charge in [-0.15, -0.1) is 0 Å². The minimum atomic E-state index is -0.588. The molecule has 2 heterocycles. The summed E-state index contributed by atoms with van der Waals surface area (Å²) in [6.07, 6.45) is 2.23. The average Bonchev–Trinajstić information content (AvgIpc) is 3.04. The van der Waals surface area contributed by atoms with E-state index < -0.39 is 5.91 Å². The number of carbonyl (C=O) groups excluding carboxylic acids is 1. The van der Waals surface area contributed by atoms with Crippen LogP contribution in [0, 0.1) is 6.92 Å². The zero-order chi connectivity index (χ0) is 12.9. The highest BCUT2D eigenvalue weighted by atomic mass is 16.2. The van der Waals surface area contributed by atoms with Crippen LogP contribution < -0.4 is 11.3 Å². The molecule has 1 saturated carbocycles. The molecule has 2 aromatic rings. The van der Waals surface area contributed by atoms with Gasteiger partial charge >= 0.3 is 0 Å². The van der Waals surface area contributed by atoms with Crippen LogP contribution in [-0.4, -0.2) is 25.3 Å². The molecular weight excluding hydrogens is 234 g/mol. The Labute approximate surface area is 102 Å². The second-order valence-electron chi connectivity index (χ2n) is 4.62. The highest BCUT2D eigenvalue weighted by Crippen LogP contribution is 2.39. The van der Waals surface area contributed by atoms with Crippen molar-refractivity contribution in [1.29, 1.82) is 0 Å². The topological polar surface area (TPSA) is 95.3 Å². The van der Waals surface area contributed by atoms with Crippen LogP contribution in [0.1, 0.15) is 30.3 Å². The van der Waals surface area contributed by atoms with Gasteiger partial charge in [-0.2, -0.15) is 10.2 Å². The molecular formula is C11H13N5O2. The zero-order valence-corrected chi connectivity index (χ0v) is 9.96. The Bertz CT molecular complexity index is 695. The Morgan fingerprint density at radius 2 is 2.22 bits per heavy atom. The SMILES string of the molecule is Cc1nn(CC(N)=O)c(=O)c2cc(C3CC3)nn12. The van der Waals surface area contributed by atoms with Crippen LogP contribution in [0.15, 0.2) is 10.9 Å². The zero-order valence-electron chi connectivity index (χ0n) is 9.96. The number of primary amides is 1. The summed E-state index contributed by atoms with van der Waals surface area (Å²) in [6.45, 7) is 1.54. The smallest absolute Gasteiger partial charge is 0.293 e. The van der Waals surface area contributed by atoms with Gasteiger partial charge in [0.05, 0.1) is 5.69 Å². The first-order valence-electron chi connectivity index (χ1n) is 5.82. The third-order valence-electron chi connectivity index (χ3n) is 3.05. The fraction of sp³-hybridized carbons (Fsp3) is 0.455. The van der Waals surface area contributed by atoms with Crippen molar-refractivity contribution in [3.8, 4) is 0 Å². The minimum absolute atomic E-state index is 0.208. The molecule has 0 radical (unpaired) electrons. The lowest BCUT2D eigenvalue weighted by Gasteiger charge is -2.04. The van der Waals surface area contributed by atoms with E-state index >= 15 is 0 Å². The molecule has 7 nitrogen and oxygen atoms in total. The van der Waals surface area contributed by atoms with Crippen molar-refractivity contribution in [3.05, 3.63) is 27.9 Å². The van der Waals surface area contributed by atoms with Crippen molar-refractivity contribution < 1.29 is 4.79 Å². The van der Waals surface area contributed by atoms with Crippen LogP contribution >= 0.6 is 0 Å². The summed E-state index contributed by atoms with van der Waals surface area (Å²) in [6, 6.07) is 1.78. The quantitative estimate of drug-likeness (QED) is 0.795. The van der Waals surface area contributed by atoms with Gasteiger partial charge in [0.2, 0.25) is 5.91 Å². The monoisotopic (exact) mass is 247 g/mol. The first-order chi connectivity index (χ1) is 8.56. The van der Waals surface area contributed by atoms with Crippen molar-refractivity contribution in [3.63, 3.8) is 0 Å². The number of aromatic nitrogens is 4. The number of rotatable bonds is 3. The molecule has 1 amide bonds. The van der Waals surface area contributed by atoms with Crippen LogP contribution in [0.5, 0.6) is 0 Å². The summed E-state index contributed by atoms with van der Waals surface area (Å²) in [5.41, 5.74) is 6.13. The molecule has 0 unspecified atom stereocenters. The van der Waals surface area contributed by atoms with E-state index in [1.807, 2.05) is 0 Å². The Balaban J connectivity index is 2.20. The summed E-state index contributed by atoms with van der Waals surface area (Å²) in [5.74, 6) is 0.446. The third-order valence-corrected chi connectivity index (χ3v) is 3.05. The number of nitrogens with two attached hydrogens (primary N) is 1. The Morgan fingerprint density at radius 3 is 2.83 bits per heavy atom. The van der Waals surface area contributed by atoms with Crippen molar-refractivity contribution in [2.75, 3.05) is 0 Å². The largest absolute Gasteiger partial charge is 0.368 e. The lowest BCUT2D eigenvalue weighted by molar-refractivity contribution is -0.118. The van der Waals surface area contributed by atoms with Crippen LogP contribution in [0.3, 0.4) is 0 Å². The Kier molecular flexibility index (Phi) is 2.22. The summed E-state index contributed by atoms with van der Waals surface area (Å²) >= 11 is 0. The van der Waals surface area contributed by atoms with Crippen LogP contribution in [0.2, 0.25) is 0 Å². The third kappa shape index (κ3) is 1.68. The fourth-order valence-electron chi connectivity index (χ4n) is 2.03.